The van der Waals surface area contributed by atoms with Crippen LogP contribution in [0.1, 0.15) is 40.2 Å². The minimum Gasteiger partial charge on any atom is -0.245 e. The van der Waals surface area contributed by atoms with Crippen molar-refractivity contribution >= 4 is 21.6 Å². The van der Waals surface area contributed by atoms with Gasteiger partial charge in [0.2, 0.25) is 0 Å². The van der Waals surface area contributed by atoms with Gasteiger partial charge < -0.3 is 0 Å². The molecule has 0 spiro atoms. The van der Waals surface area contributed by atoms with E-state index in [1.165, 1.54) is 10.3 Å². The van der Waals surface area contributed by atoms with E-state index in [0.717, 1.165) is 5.52 Å². The molecule has 0 atom stereocenters. The molecule has 2 heteroatoms. The Kier molecular flexibility index (Phi) is 3.86. The van der Waals surface area contributed by atoms with Gasteiger partial charge in [-0.1, -0.05) is 40.7 Å². The molecule has 0 aliphatic heterocycles. The first-order valence-electron chi connectivity index (χ1n) is 5.41. The summed E-state index contributed by atoms with van der Waals surface area (Å²) in [7, 11) is 0. The fourth-order valence-corrected chi connectivity index (χ4v) is 1.98. The van der Waals surface area contributed by atoms with Crippen molar-refractivity contribution in [2.45, 2.75) is 40.0 Å². The van der Waals surface area contributed by atoms with Crippen LogP contribution in [0.4, 0.5) is 0 Å². The Morgan fingerprint density at radius 2 is 1.80 bits per heavy atom. The SMILES string of the molecule is CC.CC(C)(C)c1ccc2scnc2c1. The van der Waals surface area contributed by atoms with Crippen LogP contribution in [0.2, 0.25) is 0 Å². The quantitative estimate of drug-likeness (QED) is 0.632. The van der Waals surface area contributed by atoms with Crippen LogP contribution in [0.25, 0.3) is 10.2 Å². The Hall–Kier alpha value is -0.890. The normalized spacial score (nSPS) is 11.0. The van der Waals surface area contributed by atoms with Crippen LogP contribution in [0.15, 0.2) is 23.7 Å². The minimum absolute atomic E-state index is 0.220. The second kappa shape index (κ2) is 4.75. The van der Waals surface area contributed by atoms with Gasteiger partial charge in [-0.25, -0.2) is 4.98 Å². The Balaban J connectivity index is 0.000000531. The van der Waals surface area contributed by atoms with E-state index in [9.17, 15) is 0 Å². The summed E-state index contributed by atoms with van der Waals surface area (Å²) in [6, 6.07) is 6.54. The van der Waals surface area contributed by atoms with Crippen LogP contribution in [0.3, 0.4) is 0 Å². The van der Waals surface area contributed by atoms with Crippen LogP contribution in [-0.2, 0) is 5.41 Å². The molecule has 1 aromatic heterocycles. The number of aromatic nitrogens is 1. The molecule has 15 heavy (non-hydrogen) atoms. The number of rotatable bonds is 0. The lowest BCUT2D eigenvalue weighted by atomic mass is 9.87. The number of hydrogen-bond acceptors (Lipinski definition) is 2. The molecule has 0 radical (unpaired) electrons. The number of fused-ring (bicyclic) bond motifs is 1. The van der Waals surface area contributed by atoms with E-state index in [1.807, 2.05) is 19.4 Å². The van der Waals surface area contributed by atoms with Gasteiger partial charge in [-0.15, -0.1) is 11.3 Å². The Labute approximate surface area is 96.2 Å². The number of thiazole rings is 1. The van der Waals surface area contributed by atoms with Crippen LogP contribution in [0.5, 0.6) is 0 Å². The lowest BCUT2D eigenvalue weighted by Crippen LogP contribution is -2.10. The molecule has 2 aromatic rings. The van der Waals surface area contributed by atoms with Crippen molar-refractivity contribution < 1.29 is 0 Å². The summed E-state index contributed by atoms with van der Waals surface area (Å²) in [6.45, 7) is 10.7. The molecule has 0 amide bonds. The highest BCUT2D eigenvalue weighted by molar-refractivity contribution is 7.16. The summed E-state index contributed by atoms with van der Waals surface area (Å²) in [4.78, 5) is 4.31. The monoisotopic (exact) mass is 221 g/mol. The average Bonchev–Trinajstić information content (AvgIpc) is 2.66. The maximum absolute atomic E-state index is 4.31. The Morgan fingerprint density at radius 1 is 1.13 bits per heavy atom. The topological polar surface area (TPSA) is 12.9 Å². The van der Waals surface area contributed by atoms with E-state index in [4.69, 9.17) is 0 Å². The maximum Gasteiger partial charge on any atom is 0.0814 e. The second-order valence-electron chi connectivity index (χ2n) is 4.28. The van der Waals surface area contributed by atoms with Gasteiger partial charge in [-0.2, -0.15) is 0 Å². The van der Waals surface area contributed by atoms with Crippen LogP contribution in [-0.4, -0.2) is 4.98 Å². The van der Waals surface area contributed by atoms with Gasteiger partial charge in [0.25, 0.3) is 0 Å². The number of hydrogen-bond donors (Lipinski definition) is 0. The third-order valence-electron chi connectivity index (χ3n) is 2.20. The van der Waals surface area contributed by atoms with Gasteiger partial charge in [0.1, 0.15) is 0 Å². The Bertz CT molecular complexity index is 423. The lowest BCUT2D eigenvalue weighted by Gasteiger charge is -2.18. The zero-order valence-corrected chi connectivity index (χ0v) is 11.0. The van der Waals surface area contributed by atoms with E-state index in [0.29, 0.717) is 0 Å². The number of nitrogens with zero attached hydrogens (tertiary/aromatic N) is 1. The van der Waals surface area contributed by atoms with Crippen molar-refractivity contribution in [3.05, 3.63) is 29.3 Å². The summed E-state index contributed by atoms with van der Waals surface area (Å²) in [6.07, 6.45) is 0. The van der Waals surface area contributed by atoms with Crippen molar-refractivity contribution in [3.63, 3.8) is 0 Å². The summed E-state index contributed by atoms with van der Waals surface area (Å²) in [5.41, 5.74) is 4.60. The summed E-state index contributed by atoms with van der Waals surface area (Å²) in [5.74, 6) is 0. The largest absolute Gasteiger partial charge is 0.245 e. The fraction of sp³-hybridized carbons (Fsp3) is 0.462. The zero-order valence-electron chi connectivity index (χ0n) is 10.2. The third-order valence-corrected chi connectivity index (χ3v) is 3.01. The predicted octanol–water partition coefficient (Wildman–Crippen LogP) is 4.62. The molecule has 0 aliphatic carbocycles. The molecule has 0 fully saturated rings. The molecule has 0 aliphatic rings. The standard InChI is InChI=1S/C11H13NS.C2H6/c1-11(2,3)8-4-5-10-9(6-8)12-7-13-10;1-2/h4-7H,1-3H3;1-2H3. The fourth-order valence-electron chi connectivity index (χ4n) is 1.32. The highest BCUT2D eigenvalue weighted by Gasteiger charge is 2.13. The lowest BCUT2D eigenvalue weighted by molar-refractivity contribution is 0.591. The first-order chi connectivity index (χ1) is 7.07. The van der Waals surface area contributed by atoms with E-state index >= 15 is 0 Å². The van der Waals surface area contributed by atoms with Crippen LogP contribution in [0, 0.1) is 0 Å². The Morgan fingerprint density at radius 3 is 2.40 bits per heavy atom. The van der Waals surface area contributed by atoms with Crippen molar-refractivity contribution in [1.82, 2.24) is 4.98 Å². The molecule has 0 N–H and O–H groups in total. The van der Waals surface area contributed by atoms with Gasteiger partial charge in [-0.3, -0.25) is 0 Å². The molecule has 1 aromatic carbocycles. The van der Waals surface area contributed by atoms with E-state index < -0.39 is 0 Å². The molecule has 82 valence electrons. The van der Waals surface area contributed by atoms with Gasteiger partial charge in [0, 0.05) is 0 Å². The van der Waals surface area contributed by atoms with Crippen molar-refractivity contribution in [3.8, 4) is 0 Å². The van der Waals surface area contributed by atoms with Gasteiger partial charge in [0.15, 0.2) is 0 Å². The van der Waals surface area contributed by atoms with Crippen LogP contribution >= 0.6 is 11.3 Å². The maximum atomic E-state index is 4.31. The summed E-state index contributed by atoms with van der Waals surface area (Å²) >= 11 is 1.70. The summed E-state index contributed by atoms with van der Waals surface area (Å²) < 4.78 is 1.27. The first kappa shape index (κ1) is 12.2. The first-order valence-corrected chi connectivity index (χ1v) is 6.29. The van der Waals surface area contributed by atoms with E-state index in [1.54, 1.807) is 11.3 Å². The molecule has 0 unspecified atom stereocenters. The third kappa shape index (κ3) is 2.78. The highest BCUT2D eigenvalue weighted by Crippen LogP contribution is 2.26. The van der Waals surface area contributed by atoms with Crippen molar-refractivity contribution in [1.29, 1.82) is 0 Å². The molecule has 0 saturated heterocycles. The van der Waals surface area contributed by atoms with Gasteiger partial charge >= 0.3 is 0 Å². The second-order valence-corrected chi connectivity index (χ2v) is 5.17. The van der Waals surface area contributed by atoms with Crippen LogP contribution < -0.4 is 0 Å². The minimum atomic E-state index is 0.220. The molecule has 0 saturated carbocycles. The highest BCUT2D eigenvalue weighted by atomic mass is 32.1. The molecule has 1 heterocycles. The number of benzene rings is 1. The molecular formula is C13H19NS. The van der Waals surface area contributed by atoms with Crippen molar-refractivity contribution in [2.24, 2.45) is 0 Å². The molecular weight excluding hydrogens is 202 g/mol. The van der Waals surface area contributed by atoms with Gasteiger partial charge in [-0.05, 0) is 23.1 Å². The smallest absolute Gasteiger partial charge is 0.0814 e. The van der Waals surface area contributed by atoms with E-state index in [-0.39, 0.29) is 5.41 Å². The van der Waals surface area contributed by atoms with Gasteiger partial charge in [0.05, 0.1) is 15.7 Å². The molecule has 1 nitrogen and oxygen atoms in total. The van der Waals surface area contributed by atoms with E-state index in [2.05, 4.69) is 44.0 Å². The summed E-state index contributed by atoms with van der Waals surface area (Å²) in [5, 5.41) is 0. The molecule has 2 rings (SSSR count). The zero-order chi connectivity index (χ0) is 11.5. The average molecular weight is 221 g/mol. The predicted molar refractivity (Wildman–Crippen MR) is 69.7 cm³/mol. The van der Waals surface area contributed by atoms with Crippen molar-refractivity contribution in [2.75, 3.05) is 0 Å². The molecule has 0 bridgehead atoms.